The zero-order chi connectivity index (χ0) is 11.9. The fraction of sp³-hybridized carbons (Fsp3) is 0.455. The molecule has 0 amide bonds. The Morgan fingerprint density at radius 3 is 3.00 bits per heavy atom. The van der Waals surface area contributed by atoms with E-state index in [2.05, 4.69) is 22.2 Å². The first-order valence-electron chi connectivity index (χ1n) is 5.48. The summed E-state index contributed by atoms with van der Waals surface area (Å²) < 4.78 is 1.17. The Labute approximate surface area is 114 Å². The normalized spacial score (nSPS) is 10.9. The lowest BCUT2D eigenvalue weighted by molar-refractivity contribution is 0.682. The Morgan fingerprint density at radius 1 is 1.35 bits per heavy atom. The van der Waals surface area contributed by atoms with Gasteiger partial charge < -0.3 is 5.32 Å². The van der Waals surface area contributed by atoms with Gasteiger partial charge in [-0.25, -0.2) is 9.97 Å². The van der Waals surface area contributed by atoms with Crippen LogP contribution in [-0.2, 0) is 6.54 Å². The molecule has 6 heteroatoms. The molecule has 1 N–H and O–H groups in total. The molecule has 17 heavy (non-hydrogen) atoms. The molecule has 2 aromatic rings. The van der Waals surface area contributed by atoms with Crippen LogP contribution in [0.3, 0.4) is 0 Å². The van der Waals surface area contributed by atoms with Gasteiger partial charge in [0.05, 0.1) is 11.2 Å². The number of thioether (sulfide) groups is 1. The van der Waals surface area contributed by atoms with Gasteiger partial charge in [0, 0.05) is 28.8 Å². The van der Waals surface area contributed by atoms with Crippen LogP contribution in [0.4, 0.5) is 0 Å². The molecule has 0 aromatic carbocycles. The van der Waals surface area contributed by atoms with Gasteiger partial charge in [0.2, 0.25) is 0 Å². The van der Waals surface area contributed by atoms with Crippen LogP contribution in [-0.4, -0.2) is 22.3 Å². The van der Waals surface area contributed by atoms with Crippen molar-refractivity contribution < 1.29 is 0 Å². The van der Waals surface area contributed by atoms with Crippen LogP contribution in [0.1, 0.15) is 17.0 Å². The van der Waals surface area contributed by atoms with E-state index in [1.165, 1.54) is 15.6 Å². The van der Waals surface area contributed by atoms with E-state index in [-0.39, 0.29) is 0 Å². The molecule has 0 fully saturated rings. The zero-order valence-corrected chi connectivity index (χ0v) is 12.1. The third kappa shape index (κ3) is 4.39. The molecule has 0 saturated heterocycles. The first-order valence-corrected chi connectivity index (χ1v) is 8.22. The number of nitrogens with zero attached hydrogens (tertiary/aromatic N) is 2. The summed E-state index contributed by atoms with van der Waals surface area (Å²) in [6.45, 7) is 4.06. The minimum atomic E-state index is 0.943. The number of aryl methyl sites for hydroxylation is 1. The molecule has 2 aromatic heterocycles. The highest BCUT2D eigenvalue weighted by Gasteiger charge is 2.00. The average Bonchev–Trinajstić information content (AvgIpc) is 2.95. The summed E-state index contributed by atoms with van der Waals surface area (Å²) in [7, 11) is 0. The standard InChI is InChI=1S/C11H15N3S3/c1-9-10(17-8-14-9)7-12-3-2-5-15-11-13-4-6-16-11/h4,6,8,12H,2-3,5,7H2,1H3. The van der Waals surface area contributed by atoms with E-state index in [0.29, 0.717) is 0 Å². The van der Waals surface area contributed by atoms with Gasteiger partial charge in [0.1, 0.15) is 4.34 Å². The van der Waals surface area contributed by atoms with Crippen molar-refractivity contribution in [2.75, 3.05) is 12.3 Å². The third-order valence-electron chi connectivity index (χ3n) is 2.26. The molecule has 0 saturated carbocycles. The predicted molar refractivity (Wildman–Crippen MR) is 76.0 cm³/mol. The highest BCUT2D eigenvalue weighted by molar-refractivity contribution is 8.00. The second kappa shape index (κ2) is 7.10. The lowest BCUT2D eigenvalue weighted by Gasteiger charge is -2.02. The zero-order valence-electron chi connectivity index (χ0n) is 9.68. The summed E-state index contributed by atoms with van der Waals surface area (Å²) in [5, 5.41) is 5.47. The SMILES string of the molecule is Cc1ncsc1CNCCCSc1nccs1. The van der Waals surface area contributed by atoms with E-state index < -0.39 is 0 Å². The first kappa shape index (κ1) is 13.0. The molecule has 0 unspecified atom stereocenters. The molecular weight excluding hydrogens is 270 g/mol. The lowest BCUT2D eigenvalue weighted by atomic mass is 10.4. The van der Waals surface area contributed by atoms with Crippen molar-refractivity contribution >= 4 is 34.4 Å². The second-order valence-electron chi connectivity index (χ2n) is 3.54. The van der Waals surface area contributed by atoms with Gasteiger partial charge in [-0.3, -0.25) is 0 Å². The summed E-state index contributed by atoms with van der Waals surface area (Å²) in [6.07, 6.45) is 3.03. The van der Waals surface area contributed by atoms with Crippen LogP contribution in [0, 0.1) is 6.92 Å². The van der Waals surface area contributed by atoms with Crippen LogP contribution in [0.25, 0.3) is 0 Å². The fourth-order valence-electron chi connectivity index (χ4n) is 1.34. The summed E-state index contributed by atoms with van der Waals surface area (Å²) in [5.74, 6) is 1.13. The molecule has 3 nitrogen and oxygen atoms in total. The van der Waals surface area contributed by atoms with E-state index in [4.69, 9.17) is 0 Å². The molecule has 0 aliphatic rings. The smallest absolute Gasteiger partial charge is 0.149 e. The van der Waals surface area contributed by atoms with Gasteiger partial charge in [-0.2, -0.15) is 0 Å². The van der Waals surface area contributed by atoms with Gasteiger partial charge in [-0.1, -0.05) is 11.8 Å². The molecule has 2 rings (SSSR count). The first-order chi connectivity index (χ1) is 8.36. The van der Waals surface area contributed by atoms with Gasteiger partial charge in [0.15, 0.2) is 0 Å². The third-order valence-corrected chi connectivity index (χ3v) is 5.25. The summed E-state index contributed by atoms with van der Waals surface area (Å²) in [5.41, 5.74) is 3.06. The maximum absolute atomic E-state index is 4.24. The largest absolute Gasteiger partial charge is 0.312 e. The number of thiazole rings is 2. The monoisotopic (exact) mass is 285 g/mol. The van der Waals surface area contributed by atoms with Gasteiger partial charge >= 0.3 is 0 Å². The fourth-order valence-corrected chi connectivity index (χ4v) is 3.73. The number of nitrogens with one attached hydrogen (secondary N) is 1. The molecule has 0 spiro atoms. The minimum Gasteiger partial charge on any atom is -0.312 e. The summed E-state index contributed by atoms with van der Waals surface area (Å²) in [4.78, 5) is 9.82. The number of rotatable bonds is 7. The molecule has 0 aliphatic carbocycles. The Balaban J connectivity index is 1.54. The van der Waals surface area contributed by atoms with Crippen LogP contribution in [0.2, 0.25) is 0 Å². The van der Waals surface area contributed by atoms with E-state index in [0.717, 1.165) is 24.5 Å². The van der Waals surface area contributed by atoms with E-state index >= 15 is 0 Å². The van der Waals surface area contributed by atoms with Crippen LogP contribution in [0.5, 0.6) is 0 Å². The molecule has 92 valence electrons. The molecule has 0 atom stereocenters. The van der Waals surface area contributed by atoms with Gasteiger partial charge in [0.25, 0.3) is 0 Å². The molecule has 2 heterocycles. The average molecular weight is 285 g/mol. The molecular formula is C11H15N3S3. The van der Waals surface area contributed by atoms with Crippen molar-refractivity contribution in [3.63, 3.8) is 0 Å². The lowest BCUT2D eigenvalue weighted by Crippen LogP contribution is -2.15. The Bertz CT molecular complexity index is 425. The maximum atomic E-state index is 4.24. The second-order valence-corrected chi connectivity index (χ2v) is 6.71. The highest BCUT2D eigenvalue weighted by atomic mass is 32.2. The number of hydrogen-bond acceptors (Lipinski definition) is 6. The molecule has 0 bridgehead atoms. The molecule has 0 radical (unpaired) electrons. The van der Waals surface area contributed by atoms with Crippen LogP contribution < -0.4 is 5.32 Å². The summed E-state index contributed by atoms with van der Waals surface area (Å²) >= 11 is 5.27. The van der Waals surface area contributed by atoms with E-state index in [9.17, 15) is 0 Å². The van der Waals surface area contributed by atoms with Crippen LogP contribution in [0.15, 0.2) is 21.4 Å². The van der Waals surface area contributed by atoms with Crippen molar-refractivity contribution in [3.8, 4) is 0 Å². The Morgan fingerprint density at radius 2 is 2.29 bits per heavy atom. The number of aromatic nitrogens is 2. The van der Waals surface area contributed by atoms with Crippen molar-refractivity contribution in [2.45, 2.75) is 24.2 Å². The quantitative estimate of drug-likeness (QED) is 0.626. The Kier molecular flexibility index (Phi) is 5.44. The number of hydrogen-bond donors (Lipinski definition) is 1. The van der Waals surface area contributed by atoms with Crippen molar-refractivity contribution in [1.29, 1.82) is 0 Å². The molecule has 0 aliphatic heterocycles. The topological polar surface area (TPSA) is 37.8 Å². The highest BCUT2D eigenvalue weighted by Crippen LogP contribution is 2.20. The van der Waals surface area contributed by atoms with Crippen molar-refractivity contribution in [2.24, 2.45) is 0 Å². The predicted octanol–water partition coefficient (Wildman–Crippen LogP) is 3.18. The van der Waals surface area contributed by atoms with Gasteiger partial charge in [-0.15, -0.1) is 22.7 Å². The van der Waals surface area contributed by atoms with Crippen LogP contribution >= 0.6 is 34.4 Å². The maximum Gasteiger partial charge on any atom is 0.149 e. The van der Waals surface area contributed by atoms with Crippen molar-refractivity contribution in [1.82, 2.24) is 15.3 Å². The van der Waals surface area contributed by atoms with E-state index in [1.807, 2.05) is 28.8 Å². The summed E-state index contributed by atoms with van der Waals surface area (Å²) in [6, 6.07) is 0. The van der Waals surface area contributed by atoms with Gasteiger partial charge in [-0.05, 0) is 19.9 Å². The van der Waals surface area contributed by atoms with Crippen molar-refractivity contribution in [3.05, 3.63) is 27.7 Å². The Hall–Kier alpha value is -0.430. The van der Waals surface area contributed by atoms with E-state index in [1.54, 1.807) is 22.7 Å². The minimum absolute atomic E-state index is 0.943.